The number of piperidine rings is 1. The van der Waals surface area contributed by atoms with Crippen LogP contribution in [0.2, 0.25) is 5.02 Å². The Morgan fingerprint density at radius 3 is 2.03 bits per heavy atom. The van der Waals surface area contributed by atoms with E-state index < -0.39 is 23.7 Å². The maximum Gasteiger partial charge on any atom is 0.0920 e. The van der Waals surface area contributed by atoms with Crippen LogP contribution in [0.1, 0.15) is 47.1 Å². The average Bonchev–Trinajstić information content (AvgIpc) is 2.86. The first-order valence-corrected chi connectivity index (χ1v) is 12.1. The zero-order chi connectivity index (χ0) is 24.1. The summed E-state index contributed by atoms with van der Waals surface area (Å²) in [4.78, 5) is 2.15. The summed E-state index contributed by atoms with van der Waals surface area (Å²) >= 11 is 5.99. The molecule has 0 amide bonds. The normalized spacial score (nSPS) is 18.9. The number of benzene rings is 3. The lowest BCUT2D eigenvalue weighted by atomic mass is 9.82. The van der Waals surface area contributed by atoms with Gasteiger partial charge in [0.05, 0.1) is 24.4 Å². The number of hydrogen-bond acceptors (Lipinski definition) is 5. The van der Waals surface area contributed by atoms with Gasteiger partial charge in [-0.15, -0.1) is 0 Å². The van der Waals surface area contributed by atoms with E-state index >= 15 is 0 Å². The second-order valence-electron chi connectivity index (χ2n) is 9.19. The van der Waals surface area contributed by atoms with E-state index in [0.717, 1.165) is 16.7 Å². The van der Waals surface area contributed by atoms with Crippen LogP contribution in [0, 0.1) is 0 Å². The van der Waals surface area contributed by atoms with Gasteiger partial charge < -0.3 is 25.3 Å². The number of aliphatic hydroxyl groups excluding tert-OH is 3. The molecule has 0 radical (unpaired) electrons. The molecule has 0 spiro atoms. The van der Waals surface area contributed by atoms with Crippen molar-refractivity contribution in [1.82, 2.24) is 4.90 Å². The summed E-state index contributed by atoms with van der Waals surface area (Å²) in [5.41, 5.74) is 2.29. The van der Waals surface area contributed by atoms with Gasteiger partial charge in [-0.3, -0.25) is 0 Å². The molecule has 1 saturated heterocycles. The maximum atomic E-state index is 11.3. The van der Waals surface area contributed by atoms with Crippen LogP contribution in [0.25, 0.3) is 0 Å². The molecule has 1 heterocycles. The fourth-order valence-electron chi connectivity index (χ4n) is 4.85. The topological polar surface area (TPSA) is 84.2 Å². The number of hydrogen-bond donors (Lipinski definition) is 4. The predicted molar refractivity (Wildman–Crippen MR) is 134 cm³/mol. The molecule has 0 aromatic heterocycles. The Morgan fingerprint density at radius 1 is 0.824 bits per heavy atom. The van der Waals surface area contributed by atoms with Crippen molar-refractivity contribution in [2.24, 2.45) is 0 Å². The number of rotatable bonds is 8. The van der Waals surface area contributed by atoms with Gasteiger partial charge in [-0.1, -0.05) is 78.3 Å². The first-order chi connectivity index (χ1) is 16.4. The lowest BCUT2D eigenvalue weighted by Crippen LogP contribution is -2.46. The molecule has 34 heavy (non-hydrogen) atoms. The molecular formula is C28H32ClNO4. The molecule has 3 aromatic rings. The van der Waals surface area contributed by atoms with Crippen molar-refractivity contribution in [2.75, 3.05) is 19.6 Å². The summed E-state index contributed by atoms with van der Waals surface area (Å²) in [6.45, 7) is 1.61. The molecule has 5 nitrogen and oxygen atoms in total. The van der Waals surface area contributed by atoms with Gasteiger partial charge in [0.25, 0.3) is 0 Å². The lowest BCUT2D eigenvalue weighted by molar-refractivity contribution is -0.0413. The third kappa shape index (κ3) is 5.69. The van der Waals surface area contributed by atoms with Gasteiger partial charge in [-0.25, -0.2) is 0 Å². The molecule has 3 unspecified atom stereocenters. The van der Waals surface area contributed by atoms with Crippen LogP contribution in [0.3, 0.4) is 0 Å². The smallest absolute Gasteiger partial charge is 0.0920 e. The van der Waals surface area contributed by atoms with Gasteiger partial charge in [0.1, 0.15) is 0 Å². The molecule has 1 aliphatic rings. The SMILES string of the molecule is OCc1ccc(C(O)C(c2ccccc2)C(O)CN2CCC(O)(c3ccc(Cl)cc3)CC2)cc1. The Hall–Kier alpha value is -2.25. The minimum atomic E-state index is -0.904. The third-order valence-corrected chi connectivity index (χ3v) is 7.21. The molecule has 6 heteroatoms. The number of nitrogens with zero attached hydrogens (tertiary/aromatic N) is 1. The average molecular weight is 482 g/mol. The van der Waals surface area contributed by atoms with E-state index in [1.807, 2.05) is 42.5 Å². The van der Waals surface area contributed by atoms with Crippen LogP contribution < -0.4 is 0 Å². The van der Waals surface area contributed by atoms with Crippen molar-refractivity contribution in [1.29, 1.82) is 0 Å². The van der Waals surface area contributed by atoms with Gasteiger partial charge in [-0.05, 0) is 47.2 Å². The molecule has 1 fully saturated rings. The molecule has 4 N–H and O–H groups in total. The Balaban J connectivity index is 1.47. The first-order valence-electron chi connectivity index (χ1n) is 11.7. The van der Waals surface area contributed by atoms with Crippen LogP contribution in [-0.2, 0) is 12.2 Å². The highest BCUT2D eigenvalue weighted by atomic mass is 35.5. The summed E-state index contributed by atoms with van der Waals surface area (Å²) in [6.07, 6.45) is -0.594. The monoisotopic (exact) mass is 481 g/mol. The van der Waals surface area contributed by atoms with Gasteiger partial charge in [0.15, 0.2) is 0 Å². The standard InChI is InChI=1S/C28H32ClNO4/c29-24-12-10-23(11-13-24)28(34)14-16-30(17-15-28)18-25(32)26(21-4-2-1-3-5-21)27(33)22-8-6-20(19-31)7-9-22/h1-13,25-27,31-34H,14-19H2. The van der Waals surface area contributed by atoms with Crippen LogP contribution in [0.15, 0.2) is 78.9 Å². The molecular weight excluding hydrogens is 450 g/mol. The Morgan fingerprint density at radius 2 is 1.44 bits per heavy atom. The predicted octanol–water partition coefficient (Wildman–Crippen LogP) is 3.99. The summed E-state index contributed by atoms with van der Waals surface area (Å²) in [6, 6.07) is 24.1. The summed E-state index contributed by atoms with van der Waals surface area (Å²) in [7, 11) is 0. The molecule has 0 aliphatic carbocycles. The molecule has 4 rings (SSSR count). The van der Waals surface area contributed by atoms with Crippen LogP contribution in [0.5, 0.6) is 0 Å². The van der Waals surface area contributed by atoms with E-state index in [0.29, 0.717) is 43.1 Å². The largest absolute Gasteiger partial charge is 0.392 e. The molecule has 180 valence electrons. The summed E-state index contributed by atoms with van der Waals surface area (Å²) < 4.78 is 0. The third-order valence-electron chi connectivity index (χ3n) is 6.95. The zero-order valence-electron chi connectivity index (χ0n) is 19.1. The van der Waals surface area contributed by atoms with Crippen LogP contribution in [0.4, 0.5) is 0 Å². The highest BCUT2D eigenvalue weighted by Gasteiger charge is 2.36. The maximum absolute atomic E-state index is 11.3. The number of aliphatic hydroxyl groups is 4. The number of halogens is 1. The molecule has 1 aliphatic heterocycles. The fourth-order valence-corrected chi connectivity index (χ4v) is 4.98. The highest BCUT2D eigenvalue weighted by Crippen LogP contribution is 2.37. The van der Waals surface area contributed by atoms with Crippen molar-refractivity contribution >= 4 is 11.6 Å². The van der Waals surface area contributed by atoms with Gasteiger partial charge >= 0.3 is 0 Å². The van der Waals surface area contributed by atoms with Gasteiger partial charge in [0.2, 0.25) is 0 Å². The second-order valence-corrected chi connectivity index (χ2v) is 9.62. The van der Waals surface area contributed by atoms with E-state index in [4.69, 9.17) is 11.6 Å². The minimum Gasteiger partial charge on any atom is -0.392 e. The van der Waals surface area contributed by atoms with E-state index in [-0.39, 0.29) is 6.61 Å². The highest BCUT2D eigenvalue weighted by molar-refractivity contribution is 6.30. The molecule has 3 aromatic carbocycles. The van der Waals surface area contributed by atoms with Gasteiger partial charge in [-0.2, -0.15) is 0 Å². The van der Waals surface area contributed by atoms with Gasteiger partial charge in [0, 0.05) is 30.6 Å². The second kappa shape index (κ2) is 11.0. The fraction of sp³-hybridized carbons (Fsp3) is 0.357. The van der Waals surface area contributed by atoms with Crippen LogP contribution in [-0.4, -0.2) is 51.1 Å². The van der Waals surface area contributed by atoms with Crippen molar-refractivity contribution in [3.05, 3.63) is 106 Å². The van der Waals surface area contributed by atoms with E-state index in [1.54, 1.807) is 36.4 Å². The number of likely N-dealkylation sites (tertiary alicyclic amines) is 1. The molecule has 3 atom stereocenters. The summed E-state index contributed by atoms with van der Waals surface area (Å²) in [5.74, 6) is -0.516. The van der Waals surface area contributed by atoms with E-state index in [2.05, 4.69) is 4.90 Å². The zero-order valence-corrected chi connectivity index (χ0v) is 19.9. The molecule has 0 bridgehead atoms. The first kappa shape index (κ1) is 24.9. The van der Waals surface area contributed by atoms with Crippen molar-refractivity contribution in [2.45, 2.75) is 43.2 Å². The Bertz CT molecular complexity index is 1030. The van der Waals surface area contributed by atoms with E-state index in [9.17, 15) is 20.4 Å². The van der Waals surface area contributed by atoms with Crippen molar-refractivity contribution in [3.63, 3.8) is 0 Å². The molecule has 0 saturated carbocycles. The Labute approximate surface area is 205 Å². The van der Waals surface area contributed by atoms with Crippen molar-refractivity contribution in [3.8, 4) is 0 Å². The summed E-state index contributed by atoms with van der Waals surface area (Å²) in [5, 5.41) is 43.7. The quantitative estimate of drug-likeness (QED) is 0.391. The number of β-amino-alcohol motifs (C(OH)–C–C–N with tert-alkyl or cyclic N) is 1. The minimum absolute atomic E-state index is 0.0571. The van der Waals surface area contributed by atoms with Crippen molar-refractivity contribution < 1.29 is 20.4 Å². The lowest BCUT2D eigenvalue weighted by Gasteiger charge is -2.40. The Kier molecular flexibility index (Phi) is 8.04. The van der Waals surface area contributed by atoms with E-state index in [1.165, 1.54) is 0 Å². The van der Waals surface area contributed by atoms with Crippen LogP contribution >= 0.6 is 11.6 Å².